The van der Waals surface area contributed by atoms with Crippen LogP contribution in [0.2, 0.25) is 0 Å². The molecule has 0 radical (unpaired) electrons. The van der Waals surface area contributed by atoms with Gasteiger partial charge in [-0.3, -0.25) is 4.79 Å². The van der Waals surface area contributed by atoms with E-state index < -0.39 is 6.10 Å². The van der Waals surface area contributed by atoms with Crippen LogP contribution in [0.1, 0.15) is 18.4 Å². The summed E-state index contributed by atoms with van der Waals surface area (Å²) in [6, 6.07) is 18.2. The Kier molecular flexibility index (Phi) is 7.81. The lowest BCUT2D eigenvalue weighted by Gasteiger charge is -2.34. The molecule has 32 heavy (non-hydrogen) atoms. The molecule has 3 N–H and O–H groups in total. The van der Waals surface area contributed by atoms with Crippen molar-refractivity contribution in [1.82, 2.24) is 10.6 Å². The number of piperidine rings is 1. The Bertz CT molecular complexity index is 958. The van der Waals surface area contributed by atoms with Crippen LogP contribution in [-0.2, 0) is 4.79 Å². The Hall–Kier alpha value is -2.39. The zero-order valence-corrected chi connectivity index (χ0v) is 19.3. The van der Waals surface area contributed by atoms with Gasteiger partial charge in [-0.1, -0.05) is 54.3 Å². The predicted molar refractivity (Wildman–Crippen MR) is 134 cm³/mol. The van der Waals surface area contributed by atoms with Crippen LogP contribution in [0.15, 0.2) is 59.5 Å². The first-order valence-electron chi connectivity index (χ1n) is 10.8. The zero-order valence-electron chi connectivity index (χ0n) is 17.7. The maximum atomic E-state index is 11.8. The van der Waals surface area contributed by atoms with Crippen LogP contribution < -0.4 is 20.3 Å². The summed E-state index contributed by atoms with van der Waals surface area (Å²) < 4.78 is 6.12. The number of hydrogen-bond donors (Lipinski definition) is 3. The molecule has 0 spiro atoms. The summed E-state index contributed by atoms with van der Waals surface area (Å²) in [4.78, 5) is 14.8. The molecule has 0 aromatic heterocycles. The fourth-order valence-corrected chi connectivity index (χ4v) is 4.81. The average Bonchev–Trinajstić information content (AvgIpc) is 3.14. The van der Waals surface area contributed by atoms with Gasteiger partial charge in [-0.2, -0.15) is 0 Å². The second-order valence-electron chi connectivity index (χ2n) is 7.89. The Balaban J connectivity index is 1.19. The van der Waals surface area contributed by atoms with E-state index in [2.05, 4.69) is 27.7 Å². The monoisotopic (exact) mass is 469 g/mol. The van der Waals surface area contributed by atoms with Crippen LogP contribution in [-0.4, -0.2) is 53.7 Å². The lowest BCUT2D eigenvalue weighted by atomic mass is 10.0. The van der Waals surface area contributed by atoms with Gasteiger partial charge in [-0.05, 0) is 48.7 Å². The molecule has 2 aromatic rings. The number of benzene rings is 2. The quantitative estimate of drug-likeness (QED) is 0.405. The predicted octanol–water partition coefficient (Wildman–Crippen LogP) is 3.17. The molecule has 8 heteroatoms. The van der Waals surface area contributed by atoms with Crippen LogP contribution in [0.5, 0.6) is 5.75 Å². The van der Waals surface area contributed by atoms with Crippen LogP contribution in [0.4, 0.5) is 5.69 Å². The molecular formula is C24H27N3O3S2. The lowest BCUT2D eigenvalue weighted by Crippen LogP contribution is -2.45. The number of carbonyl (C=O) groups is 1. The van der Waals surface area contributed by atoms with Gasteiger partial charge in [0.2, 0.25) is 0 Å². The smallest absolute Gasteiger partial charge is 0.263 e. The topological polar surface area (TPSA) is 73.8 Å². The van der Waals surface area contributed by atoms with Crippen molar-refractivity contribution >= 4 is 46.0 Å². The highest BCUT2D eigenvalue weighted by molar-refractivity contribution is 8.26. The number of para-hydroxylation sites is 1. The Morgan fingerprint density at radius 2 is 1.91 bits per heavy atom. The van der Waals surface area contributed by atoms with Gasteiger partial charge in [0.1, 0.15) is 22.8 Å². The van der Waals surface area contributed by atoms with Crippen LogP contribution in [0, 0.1) is 0 Å². The van der Waals surface area contributed by atoms with Crippen LogP contribution >= 0.6 is 24.0 Å². The van der Waals surface area contributed by atoms with E-state index in [0.717, 1.165) is 37.2 Å². The van der Waals surface area contributed by atoms with Gasteiger partial charge in [0, 0.05) is 31.4 Å². The lowest BCUT2D eigenvalue weighted by molar-refractivity contribution is -0.115. The van der Waals surface area contributed by atoms with Gasteiger partial charge in [0.25, 0.3) is 5.91 Å². The number of nitrogens with zero attached hydrogens (tertiary/aromatic N) is 1. The molecular weight excluding hydrogens is 442 g/mol. The number of thioether (sulfide) groups is 1. The van der Waals surface area contributed by atoms with Gasteiger partial charge < -0.3 is 25.4 Å². The Morgan fingerprint density at radius 1 is 1.19 bits per heavy atom. The number of thiocarbonyl (C=S) groups is 1. The van der Waals surface area contributed by atoms with E-state index in [1.165, 1.54) is 17.4 Å². The van der Waals surface area contributed by atoms with Crippen molar-refractivity contribution in [2.24, 2.45) is 0 Å². The second kappa shape index (κ2) is 11.0. The van der Waals surface area contributed by atoms with Crippen LogP contribution in [0.25, 0.3) is 6.08 Å². The van der Waals surface area contributed by atoms with E-state index in [4.69, 9.17) is 17.0 Å². The fourth-order valence-electron chi connectivity index (χ4n) is 3.77. The van der Waals surface area contributed by atoms with Crippen LogP contribution in [0.3, 0.4) is 0 Å². The minimum atomic E-state index is -0.538. The molecule has 4 rings (SSSR count). The molecule has 2 aliphatic heterocycles. The molecule has 0 unspecified atom stereocenters. The van der Waals surface area contributed by atoms with Crippen molar-refractivity contribution in [2.75, 3.05) is 31.1 Å². The van der Waals surface area contributed by atoms with Crippen molar-refractivity contribution in [2.45, 2.75) is 25.0 Å². The minimum absolute atomic E-state index is 0.129. The normalized spacial score (nSPS) is 19.3. The molecule has 2 heterocycles. The minimum Gasteiger partial charge on any atom is -0.491 e. The molecule has 0 bridgehead atoms. The molecule has 6 nitrogen and oxygen atoms in total. The molecule has 168 valence electrons. The zero-order chi connectivity index (χ0) is 22.3. The highest BCUT2D eigenvalue weighted by atomic mass is 32.2. The number of hydrogen-bond acceptors (Lipinski definition) is 7. The van der Waals surface area contributed by atoms with E-state index >= 15 is 0 Å². The highest BCUT2D eigenvalue weighted by Gasteiger charge is 2.22. The Labute approximate surface area is 198 Å². The standard InChI is InChI=1S/C24H27N3O3S2/c28-20(16-30-21-4-2-1-3-5-21)15-25-18-10-12-27(13-11-18)19-8-6-17(7-9-19)14-22-23(29)26-24(31)32-22/h1-9,14,18,20,25,28H,10-13,15-16H2,(H,26,29,31)/t20-/m0/s1. The molecule has 2 aromatic carbocycles. The van der Waals surface area contributed by atoms with Gasteiger partial charge in [-0.15, -0.1) is 0 Å². The van der Waals surface area contributed by atoms with E-state index in [9.17, 15) is 9.90 Å². The maximum absolute atomic E-state index is 11.8. The number of rotatable bonds is 8. The summed E-state index contributed by atoms with van der Waals surface area (Å²) in [6.07, 6.45) is 3.37. The van der Waals surface area contributed by atoms with E-state index in [0.29, 0.717) is 21.8 Å². The summed E-state index contributed by atoms with van der Waals surface area (Å²) in [6.45, 7) is 2.72. The highest BCUT2D eigenvalue weighted by Crippen LogP contribution is 2.27. The molecule has 0 aliphatic carbocycles. The third-order valence-electron chi connectivity index (χ3n) is 5.52. The molecule has 2 saturated heterocycles. The maximum Gasteiger partial charge on any atom is 0.263 e. The third-order valence-corrected chi connectivity index (χ3v) is 6.68. The van der Waals surface area contributed by atoms with Crippen molar-refractivity contribution in [3.8, 4) is 5.75 Å². The van der Waals surface area contributed by atoms with Crippen molar-refractivity contribution in [3.05, 3.63) is 65.1 Å². The van der Waals surface area contributed by atoms with E-state index in [-0.39, 0.29) is 12.5 Å². The number of ether oxygens (including phenoxy) is 1. The van der Waals surface area contributed by atoms with Crippen molar-refractivity contribution in [3.63, 3.8) is 0 Å². The number of nitrogens with one attached hydrogen (secondary N) is 2. The van der Waals surface area contributed by atoms with Crippen molar-refractivity contribution < 1.29 is 14.6 Å². The van der Waals surface area contributed by atoms with Gasteiger partial charge >= 0.3 is 0 Å². The fraction of sp³-hybridized carbons (Fsp3) is 0.333. The molecule has 1 amide bonds. The summed E-state index contributed by atoms with van der Waals surface area (Å²) in [5.74, 6) is 0.645. The molecule has 2 fully saturated rings. The van der Waals surface area contributed by atoms with Gasteiger partial charge in [0.05, 0.1) is 4.91 Å². The first kappa shape index (κ1) is 22.8. The van der Waals surface area contributed by atoms with Gasteiger partial charge in [-0.25, -0.2) is 0 Å². The molecule has 1 atom stereocenters. The average molecular weight is 470 g/mol. The molecule has 0 saturated carbocycles. The number of anilines is 1. The summed E-state index contributed by atoms with van der Waals surface area (Å²) in [5.41, 5.74) is 2.17. The van der Waals surface area contributed by atoms with Gasteiger partial charge in [0.15, 0.2) is 0 Å². The molecule has 2 aliphatic rings. The number of aliphatic hydroxyl groups is 1. The van der Waals surface area contributed by atoms with E-state index in [1.807, 2.05) is 48.5 Å². The number of aliphatic hydroxyl groups excluding tert-OH is 1. The Morgan fingerprint density at radius 3 is 2.56 bits per heavy atom. The first-order chi connectivity index (χ1) is 15.6. The second-order valence-corrected chi connectivity index (χ2v) is 9.61. The number of carbonyl (C=O) groups excluding carboxylic acids is 1. The summed E-state index contributed by atoms with van der Waals surface area (Å²) in [7, 11) is 0. The SMILES string of the molecule is O=C1NC(=S)SC1=Cc1ccc(N2CCC(NC[C@H](O)COc3ccccc3)CC2)cc1. The summed E-state index contributed by atoms with van der Waals surface area (Å²) in [5, 5.41) is 16.3. The largest absolute Gasteiger partial charge is 0.491 e. The first-order valence-corrected chi connectivity index (χ1v) is 12.0. The summed E-state index contributed by atoms with van der Waals surface area (Å²) >= 11 is 6.33. The number of amides is 1. The third kappa shape index (κ3) is 6.32. The van der Waals surface area contributed by atoms with E-state index in [1.54, 1.807) is 0 Å². The van der Waals surface area contributed by atoms with Crippen molar-refractivity contribution in [1.29, 1.82) is 0 Å².